The lowest BCUT2D eigenvalue weighted by atomic mass is 10.1. The molecule has 0 aromatic heterocycles. The Bertz CT molecular complexity index is 407. The molecule has 0 bridgehead atoms. The van der Waals surface area contributed by atoms with Gasteiger partial charge in [-0.3, -0.25) is 0 Å². The minimum absolute atomic E-state index is 0.170. The van der Waals surface area contributed by atoms with Gasteiger partial charge in [-0.15, -0.1) is 0 Å². The molecule has 0 amide bonds. The molecule has 0 spiro atoms. The summed E-state index contributed by atoms with van der Waals surface area (Å²) < 4.78 is 49.0. The fourth-order valence-electron chi connectivity index (χ4n) is 1.70. The van der Waals surface area contributed by atoms with Crippen molar-refractivity contribution >= 4 is 0 Å². The lowest BCUT2D eigenvalue weighted by Crippen LogP contribution is -2.20. The van der Waals surface area contributed by atoms with E-state index in [1.807, 2.05) is 0 Å². The maximum atomic E-state index is 13.0. The largest absolute Gasteiger partial charge is 0.488 e. The van der Waals surface area contributed by atoms with Crippen LogP contribution in [0.2, 0.25) is 0 Å². The second-order valence-electron chi connectivity index (χ2n) is 4.24. The number of halogens is 3. The van der Waals surface area contributed by atoms with E-state index in [0.717, 1.165) is 6.07 Å². The lowest BCUT2D eigenvalue weighted by molar-refractivity contribution is -0.139. The Labute approximate surface area is 110 Å². The molecule has 0 heterocycles. The molecule has 1 atom stereocenters. The lowest BCUT2D eigenvalue weighted by Gasteiger charge is -2.19. The van der Waals surface area contributed by atoms with Crippen LogP contribution >= 0.6 is 0 Å². The second-order valence-corrected chi connectivity index (χ2v) is 4.24. The first-order chi connectivity index (χ1) is 8.88. The minimum atomic E-state index is -4.44. The van der Waals surface area contributed by atoms with E-state index in [-0.39, 0.29) is 12.4 Å². The molecule has 1 rings (SSSR count). The van der Waals surface area contributed by atoms with Gasteiger partial charge in [0.05, 0.1) is 12.2 Å². The van der Waals surface area contributed by atoms with Gasteiger partial charge < -0.3 is 14.8 Å². The first kappa shape index (κ1) is 15.8. The molecule has 0 aliphatic heterocycles. The molecule has 0 aliphatic carbocycles. The summed E-state index contributed by atoms with van der Waals surface area (Å²) >= 11 is 0. The normalized spacial score (nSPS) is 13.4. The predicted molar refractivity (Wildman–Crippen MR) is 66.2 cm³/mol. The molecule has 1 N–H and O–H groups in total. The summed E-state index contributed by atoms with van der Waals surface area (Å²) in [5, 5.41) is 2.82. The smallest absolute Gasteiger partial charge is 0.419 e. The quantitative estimate of drug-likeness (QED) is 0.867. The van der Waals surface area contributed by atoms with Crippen molar-refractivity contribution in [2.75, 3.05) is 20.8 Å². The van der Waals surface area contributed by atoms with Crippen LogP contribution in [0.1, 0.15) is 18.1 Å². The fourth-order valence-corrected chi connectivity index (χ4v) is 1.70. The third-order valence-corrected chi connectivity index (χ3v) is 2.46. The van der Waals surface area contributed by atoms with Gasteiger partial charge >= 0.3 is 6.18 Å². The number of nitrogens with one attached hydrogen (secondary N) is 1. The highest BCUT2D eigenvalue weighted by Gasteiger charge is 2.35. The highest BCUT2D eigenvalue weighted by atomic mass is 19.4. The van der Waals surface area contributed by atoms with Crippen molar-refractivity contribution in [3.63, 3.8) is 0 Å². The van der Waals surface area contributed by atoms with Gasteiger partial charge in [-0.25, -0.2) is 0 Å². The van der Waals surface area contributed by atoms with Crippen LogP contribution in [0.5, 0.6) is 5.75 Å². The predicted octanol–water partition coefficient (Wildman–Crippen LogP) is 2.84. The van der Waals surface area contributed by atoms with Crippen LogP contribution in [-0.2, 0) is 17.5 Å². The van der Waals surface area contributed by atoms with E-state index < -0.39 is 17.8 Å². The highest BCUT2D eigenvalue weighted by molar-refractivity contribution is 5.39. The molecule has 1 unspecified atom stereocenters. The maximum Gasteiger partial charge on any atom is 0.419 e. The third-order valence-electron chi connectivity index (χ3n) is 2.46. The van der Waals surface area contributed by atoms with Crippen molar-refractivity contribution in [2.24, 2.45) is 0 Å². The topological polar surface area (TPSA) is 30.5 Å². The van der Waals surface area contributed by atoms with Crippen LogP contribution in [0, 0.1) is 0 Å². The number of methoxy groups -OCH3 is 1. The second kappa shape index (κ2) is 6.77. The summed E-state index contributed by atoms with van der Waals surface area (Å²) in [6.45, 7) is 2.26. The highest BCUT2D eigenvalue weighted by Crippen LogP contribution is 2.37. The zero-order valence-electron chi connectivity index (χ0n) is 11.2. The Hall–Kier alpha value is -1.27. The molecule has 0 aliphatic rings. The standard InChI is InChI=1S/C13H18F3NO2/c1-9(8-18-3)19-12-5-4-10(7-17-2)6-11(12)13(14,15)16/h4-6,9,17H,7-8H2,1-3H3. The molecular weight excluding hydrogens is 259 g/mol. The SMILES string of the molecule is CNCc1ccc(OC(C)COC)c(C(F)(F)F)c1. The molecule has 1 aromatic carbocycles. The van der Waals surface area contributed by atoms with E-state index in [0.29, 0.717) is 12.1 Å². The number of alkyl halides is 3. The maximum absolute atomic E-state index is 13.0. The summed E-state index contributed by atoms with van der Waals surface area (Å²) in [5.41, 5.74) is -0.204. The van der Waals surface area contributed by atoms with Crippen LogP contribution in [-0.4, -0.2) is 26.9 Å². The number of ether oxygens (including phenoxy) is 2. The molecule has 0 radical (unpaired) electrons. The van der Waals surface area contributed by atoms with Crippen molar-refractivity contribution in [2.45, 2.75) is 25.7 Å². The summed E-state index contributed by atoms with van der Waals surface area (Å²) in [7, 11) is 3.15. The number of benzene rings is 1. The molecule has 19 heavy (non-hydrogen) atoms. The van der Waals surface area contributed by atoms with E-state index in [2.05, 4.69) is 5.32 Å². The van der Waals surface area contributed by atoms with Gasteiger partial charge in [0, 0.05) is 13.7 Å². The molecule has 3 nitrogen and oxygen atoms in total. The van der Waals surface area contributed by atoms with Crippen LogP contribution in [0.25, 0.3) is 0 Å². The van der Waals surface area contributed by atoms with Crippen molar-refractivity contribution in [3.8, 4) is 5.75 Å². The Morgan fingerprint density at radius 2 is 2.00 bits per heavy atom. The van der Waals surface area contributed by atoms with Crippen molar-refractivity contribution < 1.29 is 22.6 Å². The fraction of sp³-hybridized carbons (Fsp3) is 0.538. The third kappa shape index (κ3) is 4.72. The average Bonchev–Trinajstić information content (AvgIpc) is 2.30. The van der Waals surface area contributed by atoms with Gasteiger partial charge in [-0.05, 0) is 31.7 Å². The molecular formula is C13H18F3NO2. The summed E-state index contributed by atoms with van der Waals surface area (Å²) in [6, 6.07) is 4.06. The van der Waals surface area contributed by atoms with Gasteiger partial charge in [-0.2, -0.15) is 13.2 Å². The number of hydrogen-bond donors (Lipinski definition) is 1. The van der Waals surface area contributed by atoms with Crippen molar-refractivity contribution in [1.82, 2.24) is 5.32 Å². The van der Waals surface area contributed by atoms with E-state index in [9.17, 15) is 13.2 Å². The van der Waals surface area contributed by atoms with Gasteiger partial charge in [0.15, 0.2) is 0 Å². The minimum Gasteiger partial charge on any atom is -0.488 e. The average molecular weight is 277 g/mol. The zero-order chi connectivity index (χ0) is 14.5. The monoisotopic (exact) mass is 277 g/mol. The summed E-state index contributed by atoms with van der Waals surface area (Å²) in [5.74, 6) is -0.170. The number of rotatable bonds is 6. The van der Waals surface area contributed by atoms with Gasteiger partial charge in [-0.1, -0.05) is 6.07 Å². The van der Waals surface area contributed by atoms with Gasteiger partial charge in [0.25, 0.3) is 0 Å². The van der Waals surface area contributed by atoms with Crippen molar-refractivity contribution in [1.29, 1.82) is 0 Å². The Kier molecular flexibility index (Phi) is 5.62. The Balaban J connectivity index is 3.02. The van der Waals surface area contributed by atoms with Crippen LogP contribution in [0.15, 0.2) is 18.2 Å². The zero-order valence-corrected chi connectivity index (χ0v) is 11.2. The molecule has 108 valence electrons. The van der Waals surface area contributed by atoms with Gasteiger partial charge in [0.2, 0.25) is 0 Å². The molecule has 0 saturated heterocycles. The summed E-state index contributed by atoms with van der Waals surface area (Å²) in [4.78, 5) is 0. The molecule has 0 fully saturated rings. The molecule has 1 aromatic rings. The van der Waals surface area contributed by atoms with E-state index in [1.165, 1.54) is 13.2 Å². The van der Waals surface area contributed by atoms with E-state index in [4.69, 9.17) is 9.47 Å². The first-order valence-electron chi connectivity index (χ1n) is 5.88. The molecule has 0 saturated carbocycles. The first-order valence-corrected chi connectivity index (χ1v) is 5.88. The van der Waals surface area contributed by atoms with Crippen LogP contribution in [0.4, 0.5) is 13.2 Å². The van der Waals surface area contributed by atoms with E-state index in [1.54, 1.807) is 20.0 Å². The number of hydrogen-bond acceptors (Lipinski definition) is 3. The van der Waals surface area contributed by atoms with Crippen molar-refractivity contribution in [3.05, 3.63) is 29.3 Å². The Morgan fingerprint density at radius 1 is 1.32 bits per heavy atom. The van der Waals surface area contributed by atoms with Gasteiger partial charge in [0.1, 0.15) is 11.9 Å². The van der Waals surface area contributed by atoms with Crippen LogP contribution in [0.3, 0.4) is 0 Å². The van der Waals surface area contributed by atoms with E-state index >= 15 is 0 Å². The molecule has 6 heteroatoms. The van der Waals surface area contributed by atoms with Crippen LogP contribution < -0.4 is 10.1 Å². The summed E-state index contributed by atoms with van der Waals surface area (Å²) in [6.07, 6.45) is -4.88. The Morgan fingerprint density at radius 3 is 2.53 bits per heavy atom.